The molecule has 0 radical (unpaired) electrons. The second-order valence-electron chi connectivity index (χ2n) is 7.42. The first-order valence-corrected chi connectivity index (χ1v) is 9.88. The largest absolute Gasteiger partial charge is 0.496 e. The maximum absolute atomic E-state index is 12.9. The Morgan fingerprint density at radius 1 is 1.06 bits per heavy atom. The van der Waals surface area contributed by atoms with Crippen LogP contribution in [0.4, 0.5) is 0 Å². The molecule has 4 rings (SSSR count). The van der Waals surface area contributed by atoms with Gasteiger partial charge in [0, 0.05) is 0 Å². The number of methoxy groups -OCH3 is 1. The molecule has 3 amide bonds. The Morgan fingerprint density at radius 3 is 2.32 bits per heavy atom. The van der Waals surface area contributed by atoms with Crippen LogP contribution in [-0.4, -0.2) is 29.7 Å². The molecule has 7 nitrogen and oxygen atoms in total. The van der Waals surface area contributed by atoms with Crippen molar-refractivity contribution in [2.45, 2.75) is 26.4 Å². The molecule has 0 fully saturated rings. The third-order valence-electron chi connectivity index (χ3n) is 5.26. The molecule has 2 aromatic carbocycles. The average molecular weight is 418 g/mol. The summed E-state index contributed by atoms with van der Waals surface area (Å²) in [5, 5.41) is 2.89. The monoisotopic (exact) mass is 418 g/mol. The second-order valence-corrected chi connectivity index (χ2v) is 7.42. The highest BCUT2D eigenvalue weighted by Gasteiger charge is 2.35. The number of ether oxygens (including phenoxy) is 1. The van der Waals surface area contributed by atoms with Gasteiger partial charge in [0.1, 0.15) is 17.3 Å². The Labute approximate surface area is 179 Å². The predicted octanol–water partition coefficient (Wildman–Crippen LogP) is 3.88. The van der Waals surface area contributed by atoms with E-state index in [0.29, 0.717) is 33.8 Å². The highest BCUT2D eigenvalue weighted by atomic mass is 16.5. The third-order valence-corrected chi connectivity index (χ3v) is 5.26. The number of hydrogen-bond donors (Lipinski definition) is 1. The van der Waals surface area contributed by atoms with E-state index in [1.165, 1.54) is 12.0 Å². The molecular weight excluding hydrogens is 396 g/mol. The lowest BCUT2D eigenvalue weighted by atomic mass is 10.1. The summed E-state index contributed by atoms with van der Waals surface area (Å²) in [6, 6.07) is 15.1. The van der Waals surface area contributed by atoms with Crippen molar-refractivity contribution in [3.05, 3.63) is 88.4 Å². The number of fused-ring (bicyclic) bond motifs is 1. The molecule has 1 aliphatic heterocycles. The molecule has 0 spiro atoms. The lowest BCUT2D eigenvalue weighted by molar-refractivity contribution is 0.0642. The Kier molecular flexibility index (Phi) is 5.33. The maximum atomic E-state index is 12.9. The second kappa shape index (κ2) is 8.10. The van der Waals surface area contributed by atoms with Crippen LogP contribution in [0.3, 0.4) is 0 Å². The lowest BCUT2D eigenvalue weighted by Gasteiger charge is -2.17. The van der Waals surface area contributed by atoms with Crippen molar-refractivity contribution in [2.24, 2.45) is 0 Å². The summed E-state index contributed by atoms with van der Waals surface area (Å²) in [4.78, 5) is 39.4. The Bertz CT molecular complexity index is 1150. The molecular formula is C24H22N2O5. The van der Waals surface area contributed by atoms with Gasteiger partial charge in [-0.15, -0.1) is 0 Å². The van der Waals surface area contributed by atoms with Gasteiger partial charge >= 0.3 is 0 Å². The van der Waals surface area contributed by atoms with Gasteiger partial charge in [0.2, 0.25) is 0 Å². The number of benzene rings is 2. The highest BCUT2D eigenvalue weighted by molar-refractivity contribution is 6.21. The standard InChI is InChI=1S/C24H22N2O5/c1-14-8-10-20(31-14)15(2)25-22(27)19-12-16(9-11-21(19)30-3)13-26-23(28)17-6-4-5-7-18(17)24(26)29/h4-12,15H,13H2,1-3H3,(H,25,27). The number of aryl methyl sites for hydroxylation is 1. The van der Waals surface area contributed by atoms with Crippen LogP contribution in [-0.2, 0) is 6.54 Å². The van der Waals surface area contributed by atoms with Crippen molar-refractivity contribution < 1.29 is 23.5 Å². The van der Waals surface area contributed by atoms with E-state index in [1.54, 1.807) is 42.5 Å². The molecule has 1 unspecified atom stereocenters. The fourth-order valence-electron chi connectivity index (χ4n) is 3.63. The van der Waals surface area contributed by atoms with Gasteiger partial charge in [-0.2, -0.15) is 0 Å². The molecule has 0 saturated carbocycles. The zero-order valence-corrected chi connectivity index (χ0v) is 17.5. The predicted molar refractivity (Wildman–Crippen MR) is 113 cm³/mol. The summed E-state index contributed by atoms with van der Waals surface area (Å²) in [6.07, 6.45) is 0. The first kappa shape index (κ1) is 20.4. The molecule has 2 heterocycles. The van der Waals surface area contributed by atoms with Gasteiger partial charge < -0.3 is 14.5 Å². The van der Waals surface area contributed by atoms with Crippen LogP contribution in [0.2, 0.25) is 0 Å². The molecule has 7 heteroatoms. The number of amides is 3. The van der Waals surface area contributed by atoms with Crippen molar-refractivity contribution in [1.29, 1.82) is 0 Å². The number of rotatable bonds is 6. The van der Waals surface area contributed by atoms with E-state index in [9.17, 15) is 14.4 Å². The first-order valence-electron chi connectivity index (χ1n) is 9.88. The van der Waals surface area contributed by atoms with Crippen LogP contribution in [0.5, 0.6) is 5.75 Å². The van der Waals surface area contributed by atoms with Crippen LogP contribution in [0.1, 0.15) is 61.1 Å². The molecule has 31 heavy (non-hydrogen) atoms. The van der Waals surface area contributed by atoms with Crippen LogP contribution in [0.15, 0.2) is 59.0 Å². The number of carbonyl (C=O) groups excluding carboxylic acids is 3. The van der Waals surface area contributed by atoms with Crippen molar-refractivity contribution in [3.63, 3.8) is 0 Å². The number of imide groups is 1. The molecule has 158 valence electrons. The summed E-state index contributed by atoms with van der Waals surface area (Å²) in [5.41, 5.74) is 1.73. The van der Waals surface area contributed by atoms with Gasteiger partial charge in [0.05, 0.1) is 36.4 Å². The number of nitrogens with one attached hydrogen (secondary N) is 1. The van der Waals surface area contributed by atoms with E-state index in [2.05, 4.69) is 5.32 Å². The van der Waals surface area contributed by atoms with Crippen LogP contribution in [0.25, 0.3) is 0 Å². The molecule has 1 N–H and O–H groups in total. The van der Waals surface area contributed by atoms with E-state index < -0.39 is 0 Å². The zero-order chi connectivity index (χ0) is 22.1. The normalized spacial score (nSPS) is 13.8. The van der Waals surface area contributed by atoms with E-state index >= 15 is 0 Å². The quantitative estimate of drug-likeness (QED) is 0.614. The molecule has 1 aliphatic rings. The fraction of sp³-hybridized carbons (Fsp3) is 0.208. The van der Waals surface area contributed by atoms with Gasteiger partial charge in [-0.25, -0.2) is 0 Å². The lowest BCUT2D eigenvalue weighted by Crippen LogP contribution is -2.30. The smallest absolute Gasteiger partial charge is 0.261 e. The van der Waals surface area contributed by atoms with Gasteiger partial charge in [0.25, 0.3) is 17.7 Å². The summed E-state index contributed by atoms with van der Waals surface area (Å²) in [5.74, 6) is 0.770. The van der Waals surface area contributed by atoms with Crippen LogP contribution >= 0.6 is 0 Å². The number of hydrogen-bond acceptors (Lipinski definition) is 5. The van der Waals surface area contributed by atoms with E-state index in [-0.39, 0.29) is 30.3 Å². The van der Waals surface area contributed by atoms with Gasteiger partial charge in [-0.3, -0.25) is 19.3 Å². The number of furan rings is 1. The van der Waals surface area contributed by atoms with Crippen LogP contribution < -0.4 is 10.1 Å². The number of carbonyl (C=O) groups is 3. The Balaban J connectivity index is 1.56. The van der Waals surface area contributed by atoms with Crippen molar-refractivity contribution in [2.75, 3.05) is 7.11 Å². The molecule has 0 aliphatic carbocycles. The SMILES string of the molecule is COc1ccc(CN2C(=O)c3ccccc3C2=O)cc1C(=O)NC(C)c1ccc(C)o1. The molecule has 3 aromatic rings. The fourth-order valence-corrected chi connectivity index (χ4v) is 3.63. The van der Waals surface area contributed by atoms with Gasteiger partial charge in [-0.05, 0) is 55.8 Å². The summed E-state index contributed by atoms with van der Waals surface area (Å²) in [6.45, 7) is 3.72. The molecule has 0 bridgehead atoms. The maximum Gasteiger partial charge on any atom is 0.261 e. The Morgan fingerprint density at radius 2 is 1.74 bits per heavy atom. The average Bonchev–Trinajstić information content (AvgIpc) is 3.31. The Hall–Kier alpha value is -3.87. The first-order chi connectivity index (χ1) is 14.9. The van der Waals surface area contributed by atoms with Gasteiger partial charge in [0.15, 0.2) is 0 Å². The van der Waals surface area contributed by atoms with Crippen LogP contribution in [0, 0.1) is 6.92 Å². The zero-order valence-electron chi connectivity index (χ0n) is 17.5. The minimum atomic E-state index is -0.345. The van der Waals surface area contributed by atoms with Crippen molar-refractivity contribution in [3.8, 4) is 5.75 Å². The molecule has 1 atom stereocenters. The van der Waals surface area contributed by atoms with Crippen molar-refractivity contribution >= 4 is 17.7 Å². The number of nitrogens with zero attached hydrogens (tertiary/aromatic N) is 1. The van der Waals surface area contributed by atoms with E-state index in [0.717, 1.165) is 5.76 Å². The minimum absolute atomic E-state index is 0.0591. The molecule has 1 aromatic heterocycles. The minimum Gasteiger partial charge on any atom is -0.496 e. The van der Waals surface area contributed by atoms with Gasteiger partial charge in [-0.1, -0.05) is 18.2 Å². The summed E-state index contributed by atoms with van der Waals surface area (Å²) in [7, 11) is 1.48. The molecule has 0 saturated heterocycles. The topological polar surface area (TPSA) is 88.8 Å². The third kappa shape index (κ3) is 3.82. The van der Waals surface area contributed by atoms with E-state index in [4.69, 9.17) is 9.15 Å². The van der Waals surface area contributed by atoms with Crippen molar-refractivity contribution in [1.82, 2.24) is 10.2 Å². The highest BCUT2D eigenvalue weighted by Crippen LogP contribution is 2.27. The van der Waals surface area contributed by atoms with E-state index in [1.807, 2.05) is 26.0 Å². The summed E-state index contributed by atoms with van der Waals surface area (Å²) >= 11 is 0. The summed E-state index contributed by atoms with van der Waals surface area (Å²) < 4.78 is 10.9.